The highest BCUT2D eigenvalue weighted by atomic mass is 35.5. The Balaban J connectivity index is 1.93. The maximum absolute atomic E-state index is 12.3. The number of benzene rings is 1. The molecular weight excluding hydrogens is 344 g/mol. The number of halogens is 1. The van der Waals surface area contributed by atoms with Gasteiger partial charge < -0.3 is 10.2 Å². The monoisotopic (exact) mass is 362 g/mol. The normalized spacial score (nSPS) is 11.4. The maximum atomic E-state index is 12.3. The van der Waals surface area contributed by atoms with Crippen molar-refractivity contribution in [1.82, 2.24) is 20.0 Å². The van der Waals surface area contributed by atoms with Crippen LogP contribution in [0, 0.1) is 6.92 Å². The van der Waals surface area contributed by atoms with Gasteiger partial charge in [0.1, 0.15) is 4.83 Å². The molecule has 0 bridgehead atoms. The second-order valence-corrected chi connectivity index (χ2v) is 7.28. The van der Waals surface area contributed by atoms with Gasteiger partial charge in [0.05, 0.1) is 21.3 Å². The highest BCUT2D eigenvalue weighted by Gasteiger charge is 2.18. The van der Waals surface area contributed by atoms with Crippen molar-refractivity contribution >= 4 is 39.1 Å². The summed E-state index contributed by atoms with van der Waals surface area (Å²) < 4.78 is 1.81. The number of thiophene rings is 1. The lowest BCUT2D eigenvalue weighted by Crippen LogP contribution is -2.30. The Bertz CT molecular complexity index is 884. The Hall–Kier alpha value is -1.89. The van der Waals surface area contributed by atoms with E-state index in [9.17, 15) is 4.79 Å². The van der Waals surface area contributed by atoms with Gasteiger partial charge in [-0.15, -0.1) is 11.3 Å². The molecule has 3 aromatic rings. The zero-order chi connectivity index (χ0) is 17.3. The number of carbonyl (C=O) groups is 1. The van der Waals surface area contributed by atoms with Gasteiger partial charge in [-0.2, -0.15) is 5.10 Å². The fourth-order valence-corrected chi connectivity index (χ4v) is 3.73. The van der Waals surface area contributed by atoms with E-state index in [4.69, 9.17) is 11.6 Å². The molecule has 7 heteroatoms. The average Bonchev–Trinajstić information content (AvgIpc) is 3.09. The van der Waals surface area contributed by atoms with Crippen molar-refractivity contribution in [2.45, 2.75) is 6.92 Å². The zero-order valence-corrected chi connectivity index (χ0v) is 15.4. The number of nitrogens with one attached hydrogen (secondary N) is 1. The van der Waals surface area contributed by atoms with E-state index in [2.05, 4.69) is 10.4 Å². The van der Waals surface area contributed by atoms with E-state index in [1.165, 1.54) is 11.3 Å². The van der Waals surface area contributed by atoms with Crippen molar-refractivity contribution in [2.24, 2.45) is 0 Å². The largest absolute Gasteiger partial charge is 0.350 e. The summed E-state index contributed by atoms with van der Waals surface area (Å²) in [5.41, 5.74) is 1.70. The standard InChI is InChI=1S/C17H19ClN4OS/c1-11-12-10-15(16(23)19-8-9-21(2)3)24-17(12)22(20-11)14-7-5-4-6-13(14)18/h4-7,10H,8-9H2,1-3H3,(H,19,23). The van der Waals surface area contributed by atoms with E-state index >= 15 is 0 Å². The van der Waals surface area contributed by atoms with Crippen LogP contribution < -0.4 is 5.32 Å². The molecule has 0 aliphatic carbocycles. The van der Waals surface area contributed by atoms with Gasteiger partial charge in [0.25, 0.3) is 5.91 Å². The highest BCUT2D eigenvalue weighted by molar-refractivity contribution is 7.20. The summed E-state index contributed by atoms with van der Waals surface area (Å²) in [5.74, 6) is -0.0526. The van der Waals surface area contributed by atoms with Crippen molar-refractivity contribution in [3.63, 3.8) is 0 Å². The van der Waals surface area contributed by atoms with Crippen LogP contribution in [0.2, 0.25) is 5.02 Å². The Morgan fingerprint density at radius 1 is 1.38 bits per heavy atom. The summed E-state index contributed by atoms with van der Waals surface area (Å²) in [6.07, 6.45) is 0. The molecule has 24 heavy (non-hydrogen) atoms. The van der Waals surface area contributed by atoms with Gasteiger partial charge in [-0.3, -0.25) is 4.79 Å². The third-order valence-electron chi connectivity index (χ3n) is 3.69. The molecule has 0 aliphatic heterocycles. The molecule has 0 unspecified atom stereocenters. The molecule has 2 aromatic heterocycles. The van der Waals surface area contributed by atoms with Crippen LogP contribution in [-0.4, -0.2) is 47.8 Å². The number of hydrogen-bond acceptors (Lipinski definition) is 4. The number of carbonyl (C=O) groups excluding carboxylic acids is 1. The number of fused-ring (bicyclic) bond motifs is 1. The molecule has 2 heterocycles. The highest BCUT2D eigenvalue weighted by Crippen LogP contribution is 2.32. The lowest BCUT2D eigenvalue weighted by Gasteiger charge is -2.09. The first-order valence-corrected chi connectivity index (χ1v) is 8.84. The number of nitrogens with zero attached hydrogens (tertiary/aromatic N) is 3. The molecule has 3 rings (SSSR count). The predicted octanol–water partition coefficient (Wildman–Crippen LogP) is 3.34. The summed E-state index contributed by atoms with van der Waals surface area (Å²) in [6, 6.07) is 9.47. The van der Waals surface area contributed by atoms with Crippen molar-refractivity contribution < 1.29 is 4.79 Å². The topological polar surface area (TPSA) is 50.2 Å². The van der Waals surface area contributed by atoms with Crippen LogP contribution in [0.1, 0.15) is 15.4 Å². The third-order valence-corrected chi connectivity index (χ3v) is 5.12. The SMILES string of the molecule is Cc1nn(-c2ccccc2Cl)c2sc(C(=O)NCCN(C)C)cc12. The Kier molecular flexibility index (Phi) is 4.89. The Morgan fingerprint density at radius 3 is 2.83 bits per heavy atom. The molecule has 1 amide bonds. The van der Waals surface area contributed by atoms with Gasteiger partial charge in [0.2, 0.25) is 0 Å². The fraction of sp³-hybridized carbons (Fsp3) is 0.294. The molecule has 0 saturated carbocycles. The number of likely N-dealkylation sites (N-methyl/N-ethyl adjacent to an activating group) is 1. The van der Waals surface area contributed by atoms with Crippen molar-refractivity contribution in [3.05, 3.63) is 45.9 Å². The van der Waals surface area contributed by atoms with Crippen LogP contribution in [0.3, 0.4) is 0 Å². The maximum Gasteiger partial charge on any atom is 0.261 e. The van der Waals surface area contributed by atoms with E-state index in [-0.39, 0.29) is 5.91 Å². The van der Waals surface area contributed by atoms with Gasteiger partial charge in [0, 0.05) is 18.5 Å². The van der Waals surface area contributed by atoms with Crippen LogP contribution in [-0.2, 0) is 0 Å². The zero-order valence-electron chi connectivity index (χ0n) is 13.8. The fourth-order valence-electron chi connectivity index (χ4n) is 2.43. The van der Waals surface area contributed by atoms with Crippen molar-refractivity contribution in [2.75, 3.05) is 27.2 Å². The second-order valence-electron chi connectivity index (χ2n) is 5.84. The number of rotatable bonds is 5. The molecule has 0 aliphatic rings. The van der Waals surface area contributed by atoms with Gasteiger partial charge in [-0.05, 0) is 39.2 Å². The molecular formula is C17H19ClN4OS. The summed E-state index contributed by atoms with van der Waals surface area (Å²) >= 11 is 7.73. The molecule has 1 aromatic carbocycles. The molecule has 126 valence electrons. The van der Waals surface area contributed by atoms with E-state index in [0.29, 0.717) is 16.4 Å². The van der Waals surface area contributed by atoms with Crippen LogP contribution in [0.25, 0.3) is 15.9 Å². The molecule has 0 atom stereocenters. The Morgan fingerprint density at radius 2 is 2.12 bits per heavy atom. The van der Waals surface area contributed by atoms with E-state index in [1.807, 2.05) is 60.9 Å². The summed E-state index contributed by atoms with van der Waals surface area (Å²) in [5, 5.41) is 9.13. The average molecular weight is 363 g/mol. The first-order chi connectivity index (χ1) is 11.5. The summed E-state index contributed by atoms with van der Waals surface area (Å²) in [7, 11) is 3.96. The lowest BCUT2D eigenvalue weighted by atomic mass is 10.3. The van der Waals surface area contributed by atoms with Crippen molar-refractivity contribution in [1.29, 1.82) is 0 Å². The van der Waals surface area contributed by atoms with E-state index in [0.717, 1.165) is 28.1 Å². The van der Waals surface area contributed by atoms with Gasteiger partial charge in [-0.25, -0.2) is 4.68 Å². The minimum absolute atomic E-state index is 0.0526. The molecule has 0 saturated heterocycles. The van der Waals surface area contributed by atoms with Crippen molar-refractivity contribution in [3.8, 4) is 5.69 Å². The molecule has 1 N–H and O–H groups in total. The Labute approximate surface area is 149 Å². The van der Waals surface area contributed by atoms with Gasteiger partial charge in [0.15, 0.2) is 0 Å². The predicted molar refractivity (Wildman–Crippen MR) is 99.6 cm³/mol. The molecule has 0 radical (unpaired) electrons. The quantitative estimate of drug-likeness (QED) is 0.757. The third kappa shape index (κ3) is 3.31. The number of amides is 1. The number of aryl methyl sites for hydroxylation is 1. The molecule has 0 spiro atoms. The van der Waals surface area contributed by atoms with Crippen LogP contribution >= 0.6 is 22.9 Å². The van der Waals surface area contributed by atoms with Crippen LogP contribution in [0.5, 0.6) is 0 Å². The molecule has 5 nitrogen and oxygen atoms in total. The second kappa shape index (κ2) is 6.93. The first kappa shape index (κ1) is 17.0. The van der Waals surface area contributed by atoms with Crippen LogP contribution in [0.15, 0.2) is 30.3 Å². The van der Waals surface area contributed by atoms with Gasteiger partial charge >= 0.3 is 0 Å². The minimum Gasteiger partial charge on any atom is -0.350 e. The first-order valence-electron chi connectivity index (χ1n) is 7.64. The van der Waals surface area contributed by atoms with E-state index < -0.39 is 0 Å². The van der Waals surface area contributed by atoms with Gasteiger partial charge in [-0.1, -0.05) is 23.7 Å². The number of aromatic nitrogens is 2. The van der Waals surface area contributed by atoms with E-state index in [1.54, 1.807) is 0 Å². The smallest absolute Gasteiger partial charge is 0.261 e. The van der Waals surface area contributed by atoms with Crippen LogP contribution in [0.4, 0.5) is 0 Å². The minimum atomic E-state index is -0.0526. The molecule has 0 fully saturated rings. The lowest BCUT2D eigenvalue weighted by molar-refractivity contribution is 0.0955. The summed E-state index contributed by atoms with van der Waals surface area (Å²) in [6.45, 7) is 3.37. The number of hydrogen-bond donors (Lipinski definition) is 1. The number of para-hydroxylation sites is 1. The summed E-state index contributed by atoms with van der Waals surface area (Å²) in [4.78, 5) is 16.0.